The van der Waals surface area contributed by atoms with Gasteiger partial charge in [0.15, 0.2) is 0 Å². The Morgan fingerprint density at radius 3 is 2.57 bits per heavy atom. The van der Waals surface area contributed by atoms with Crippen LogP contribution in [0.3, 0.4) is 0 Å². The Morgan fingerprint density at radius 2 is 1.76 bits per heavy atom. The van der Waals surface area contributed by atoms with E-state index in [1.165, 1.54) is 6.07 Å². The minimum Gasteiger partial charge on any atom is -0.459 e. The summed E-state index contributed by atoms with van der Waals surface area (Å²) in [5, 5.41) is 0.992. The molecule has 1 heterocycles. The Kier molecular flexibility index (Phi) is 3.99. The van der Waals surface area contributed by atoms with Crippen molar-refractivity contribution in [3.8, 4) is 0 Å². The lowest BCUT2D eigenvalue weighted by Crippen LogP contribution is -2.01. The lowest BCUT2D eigenvalue weighted by Gasteiger charge is -2.06. The van der Waals surface area contributed by atoms with E-state index in [0.29, 0.717) is 24.5 Å². The maximum atomic E-state index is 13.5. The molecule has 21 heavy (non-hydrogen) atoms. The molecule has 2 N–H and O–H groups in total. The number of hydrogen-bond acceptors (Lipinski definition) is 3. The van der Waals surface area contributed by atoms with Crippen LogP contribution in [0.15, 0.2) is 52.9 Å². The van der Waals surface area contributed by atoms with E-state index < -0.39 is 0 Å². The maximum Gasteiger partial charge on any atom is 0.134 e. The Balaban J connectivity index is 1.77. The molecule has 0 spiro atoms. The van der Waals surface area contributed by atoms with Crippen molar-refractivity contribution in [1.29, 1.82) is 0 Å². The van der Waals surface area contributed by atoms with Gasteiger partial charge in [0, 0.05) is 16.5 Å². The molecule has 0 saturated carbocycles. The summed E-state index contributed by atoms with van der Waals surface area (Å²) in [6.07, 6.45) is 0. The van der Waals surface area contributed by atoms with E-state index in [4.69, 9.17) is 14.9 Å². The average molecular weight is 285 g/mol. The first-order valence-corrected chi connectivity index (χ1v) is 6.80. The van der Waals surface area contributed by atoms with Crippen LogP contribution in [0.2, 0.25) is 0 Å². The molecule has 0 aliphatic carbocycles. The van der Waals surface area contributed by atoms with Gasteiger partial charge in [-0.2, -0.15) is 0 Å². The summed E-state index contributed by atoms with van der Waals surface area (Å²) in [4.78, 5) is 0. The van der Waals surface area contributed by atoms with Crippen LogP contribution in [0.25, 0.3) is 11.0 Å². The predicted octanol–water partition coefficient (Wildman–Crippen LogP) is 3.75. The highest BCUT2D eigenvalue weighted by molar-refractivity contribution is 5.82. The smallest absolute Gasteiger partial charge is 0.134 e. The number of fused-ring (bicyclic) bond motifs is 1. The molecule has 0 radical (unpaired) electrons. The Labute approximate surface area is 122 Å². The van der Waals surface area contributed by atoms with Gasteiger partial charge in [-0.3, -0.25) is 0 Å². The third-order valence-corrected chi connectivity index (χ3v) is 3.43. The molecule has 3 aromatic rings. The topological polar surface area (TPSA) is 48.4 Å². The van der Waals surface area contributed by atoms with Gasteiger partial charge in [-0.15, -0.1) is 0 Å². The zero-order valence-electron chi connectivity index (χ0n) is 11.5. The Bertz CT molecular complexity index is 751. The molecular formula is C17H16FNO2. The molecule has 0 aliphatic rings. The second-order valence-corrected chi connectivity index (χ2v) is 4.79. The van der Waals surface area contributed by atoms with E-state index in [-0.39, 0.29) is 12.4 Å². The first-order valence-electron chi connectivity index (χ1n) is 6.80. The van der Waals surface area contributed by atoms with Crippen LogP contribution in [0.4, 0.5) is 4.39 Å². The van der Waals surface area contributed by atoms with Crippen molar-refractivity contribution in [3.63, 3.8) is 0 Å². The van der Waals surface area contributed by atoms with Gasteiger partial charge >= 0.3 is 0 Å². The monoisotopic (exact) mass is 285 g/mol. The van der Waals surface area contributed by atoms with Gasteiger partial charge in [0.25, 0.3) is 0 Å². The van der Waals surface area contributed by atoms with Crippen molar-refractivity contribution in [2.24, 2.45) is 5.73 Å². The molecule has 108 valence electrons. The zero-order valence-corrected chi connectivity index (χ0v) is 11.5. The predicted molar refractivity (Wildman–Crippen MR) is 79.0 cm³/mol. The highest BCUT2D eigenvalue weighted by Gasteiger charge is 2.13. The molecule has 0 aliphatic heterocycles. The van der Waals surface area contributed by atoms with E-state index in [2.05, 4.69) is 0 Å². The second kappa shape index (κ2) is 6.08. The van der Waals surface area contributed by atoms with Crippen molar-refractivity contribution in [1.82, 2.24) is 0 Å². The molecule has 3 nitrogen and oxygen atoms in total. The molecule has 3 rings (SSSR count). The number of halogens is 1. The highest BCUT2D eigenvalue weighted by Crippen LogP contribution is 2.26. The van der Waals surface area contributed by atoms with Crippen molar-refractivity contribution < 1.29 is 13.5 Å². The fraction of sp³-hybridized carbons (Fsp3) is 0.176. The summed E-state index contributed by atoms with van der Waals surface area (Å²) in [6, 6.07) is 14.3. The molecule has 0 saturated heterocycles. The van der Waals surface area contributed by atoms with Gasteiger partial charge < -0.3 is 14.9 Å². The summed E-state index contributed by atoms with van der Waals surface area (Å²) in [5.74, 6) is 0.457. The number of nitrogens with two attached hydrogens (primary N) is 1. The fourth-order valence-electron chi connectivity index (χ4n) is 2.35. The number of furan rings is 1. The molecular weight excluding hydrogens is 269 g/mol. The maximum absolute atomic E-state index is 13.5. The Hall–Kier alpha value is -2.17. The zero-order chi connectivity index (χ0) is 14.7. The third kappa shape index (κ3) is 2.82. The van der Waals surface area contributed by atoms with Crippen LogP contribution in [0, 0.1) is 5.82 Å². The lowest BCUT2D eigenvalue weighted by atomic mass is 10.1. The van der Waals surface area contributed by atoms with Crippen LogP contribution in [-0.4, -0.2) is 0 Å². The van der Waals surface area contributed by atoms with Crippen LogP contribution in [0.1, 0.15) is 16.9 Å². The molecule has 0 amide bonds. The SMILES string of the molecule is NCc1oc2ccccc2c1COCc1ccccc1F. The van der Waals surface area contributed by atoms with Crippen LogP contribution >= 0.6 is 0 Å². The quantitative estimate of drug-likeness (QED) is 0.776. The molecule has 0 unspecified atom stereocenters. The second-order valence-electron chi connectivity index (χ2n) is 4.79. The third-order valence-electron chi connectivity index (χ3n) is 3.43. The van der Waals surface area contributed by atoms with Gasteiger partial charge in [-0.1, -0.05) is 36.4 Å². The van der Waals surface area contributed by atoms with Crippen molar-refractivity contribution >= 4 is 11.0 Å². The van der Waals surface area contributed by atoms with Gasteiger partial charge in [0.05, 0.1) is 19.8 Å². The fourth-order valence-corrected chi connectivity index (χ4v) is 2.35. The van der Waals surface area contributed by atoms with E-state index in [0.717, 1.165) is 16.5 Å². The molecule has 0 fully saturated rings. The normalized spacial score (nSPS) is 11.1. The number of benzene rings is 2. The van der Waals surface area contributed by atoms with Crippen LogP contribution in [-0.2, 0) is 24.5 Å². The Morgan fingerprint density at radius 1 is 1.00 bits per heavy atom. The van der Waals surface area contributed by atoms with Crippen molar-refractivity contribution in [2.45, 2.75) is 19.8 Å². The molecule has 0 bridgehead atoms. The van der Waals surface area contributed by atoms with Gasteiger partial charge in [0.1, 0.15) is 17.2 Å². The van der Waals surface area contributed by atoms with Crippen molar-refractivity contribution in [2.75, 3.05) is 0 Å². The lowest BCUT2D eigenvalue weighted by molar-refractivity contribution is 0.104. The van der Waals surface area contributed by atoms with Crippen LogP contribution < -0.4 is 5.73 Å². The summed E-state index contributed by atoms with van der Waals surface area (Å²) >= 11 is 0. The summed E-state index contributed by atoms with van der Waals surface area (Å²) in [6.45, 7) is 0.876. The number of para-hydroxylation sites is 1. The first-order chi connectivity index (χ1) is 10.3. The highest BCUT2D eigenvalue weighted by atomic mass is 19.1. The summed E-state index contributed by atoms with van der Waals surface area (Å²) in [5.41, 5.74) is 7.98. The van der Waals surface area contributed by atoms with Gasteiger partial charge in [-0.05, 0) is 12.1 Å². The average Bonchev–Trinajstić information content (AvgIpc) is 2.87. The molecule has 0 atom stereocenters. The van der Waals surface area contributed by atoms with Crippen molar-refractivity contribution in [3.05, 3.63) is 71.2 Å². The minimum absolute atomic E-state index is 0.218. The molecule has 1 aromatic heterocycles. The molecule has 2 aromatic carbocycles. The number of rotatable bonds is 5. The van der Waals surface area contributed by atoms with E-state index in [1.54, 1.807) is 18.2 Å². The summed E-state index contributed by atoms with van der Waals surface area (Å²) < 4.78 is 24.9. The van der Waals surface area contributed by atoms with E-state index in [9.17, 15) is 4.39 Å². The van der Waals surface area contributed by atoms with E-state index in [1.807, 2.05) is 24.3 Å². The molecule has 4 heteroatoms. The summed E-state index contributed by atoms with van der Waals surface area (Å²) in [7, 11) is 0. The minimum atomic E-state index is -0.256. The standard InChI is InChI=1S/C17H16FNO2/c18-15-7-3-1-5-12(15)10-20-11-14-13-6-2-4-8-16(13)21-17(14)9-19/h1-8H,9-11,19H2. The number of hydrogen-bond donors (Lipinski definition) is 1. The number of ether oxygens (including phenoxy) is 1. The first kappa shape index (κ1) is 13.8. The van der Waals surface area contributed by atoms with E-state index >= 15 is 0 Å². The largest absolute Gasteiger partial charge is 0.459 e. The van der Waals surface area contributed by atoms with Crippen LogP contribution in [0.5, 0.6) is 0 Å². The van der Waals surface area contributed by atoms with Gasteiger partial charge in [0.2, 0.25) is 0 Å². The van der Waals surface area contributed by atoms with Gasteiger partial charge in [-0.25, -0.2) is 4.39 Å².